The van der Waals surface area contributed by atoms with Gasteiger partial charge < -0.3 is 35.6 Å². The van der Waals surface area contributed by atoms with Crippen LogP contribution in [0.1, 0.15) is 17.2 Å². The Morgan fingerprint density at radius 3 is 1.58 bits per heavy atom. The zero-order valence-corrected chi connectivity index (χ0v) is 37.1. The topological polar surface area (TPSA) is 261 Å². The molecule has 62 heavy (non-hydrogen) atoms. The van der Waals surface area contributed by atoms with Crippen molar-refractivity contribution in [2.45, 2.75) is 16.4 Å². The van der Waals surface area contributed by atoms with Crippen molar-refractivity contribution in [1.82, 2.24) is 29.9 Å². The molecule has 1 aliphatic carbocycles. The van der Waals surface area contributed by atoms with E-state index in [0.717, 1.165) is 0 Å². The molecular formula is C40H41N11NaO8S2. The van der Waals surface area contributed by atoms with Crippen LogP contribution >= 0.6 is 0 Å². The summed E-state index contributed by atoms with van der Waals surface area (Å²) in [6.07, 6.45) is 5.51. The summed E-state index contributed by atoms with van der Waals surface area (Å²) in [5.41, 5.74) is 6.46. The summed E-state index contributed by atoms with van der Waals surface area (Å²) in [7, 11) is -9.84. The molecule has 317 valence electrons. The predicted octanol–water partition coefficient (Wildman–Crippen LogP) is 3.12. The van der Waals surface area contributed by atoms with Gasteiger partial charge in [0.05, 0.1) is 37.4 Å². The van der Waals surface area contributed by atoms with Gasteiger partial charge >= 0.3 is 0 Å². The minimum Gasteiger partial charge on any atom is -0.378 e. The average Bonchev–Trinajstić information content (AvgIpc) is 3.26. The minimum atomic E-state index is -5.18. The molecule has 1 radical (unpaired) electrons. The Morgan fingerprint density at radius 2 is 1.11 bits per heavy atom. The predicted molar refractivity (Wildman–Crippen MR) is 233 cm³/mol. The van der Waals surface area contributed by atoms with Gasteiger partial charge in [-0.05, 0) is 41.5 Å². The monoisotopic (exact) mass is 890 g/mol. The summed E-state index contributed by atoms with van der Waals surface area (Å²) in [6.45, 7) is 3.28. The van der Waals surface area contributed by atoms with Crippen LogP contribution in [-0.2, 0) is 35.1 Å². The number of para-hydroxylation sites is 2. The van der Waals surface area contributed by atoms with E-state index in [1.165, 1.54) is 36.4 Å². The van der Waals surface area contributed by atoms with Crippen LogP contribution in [0.3, 0.4) is 0 Å². The van der Waals surface area contributed by atoms with Crippen LogP contribution in [0.25, 0.3) is 6.08 Å². The van der Waals surface area contributed by atoms with Gasteiger partial charge in [-0.1, -0.05) is 78.9 Å². The maximum absolute atomic E-state index is 13.7. The van der Waals surface area contributed by atoms with E-state index in [1.807, 2.05) is 70.5 Å². The summed E-state index contributed by atoms with van der Waals surface area (Å²) < 4.78 is 84.0. The first kappa shape index (κ1) is 44.8. The standard InChI is InChI=1S/C40H41N11O8S2.Na/c41-33-32(61(55,56)57)28(16-15-27-9-7-8-14-31(27)60(52,53)54)17-18-40(33,34-44-36(42-29-10-3-1-4-11-29)48-38(46-34)50-19-23-58-24-20-50)35-45-37(43-30-12-5-2-6-13-30)49-39(47-35)51-21-25-59-26-22-51;/h1-18,33H,19-26,41H2,(H,52,53,54)(H,55,56,57)(H,42,44,46,48)(H,43,45,47,49);. The third-order valence-corrected chi connectivity index (χ3v) is 12.1. The van der Waals surface area contributed by atoms with Gasteiger partial charge in [-0.15, -0.1) is 0 Å². The van der Waals surface area contributed by atoms with Crippen molar-refractivity contribution in [3.05, 3.63) is 131 Å². The van der Waals surface area contributed by atoms with Gasteiger partial charge in [-0.3, -0.25) is 9.11 Å². The Kier molecular flexibility index (Phi) is 13.8. The Balaban J connectivity index is 0.00000578. The molecular weight excluding hydrogens is 850 g/mol. The fraction of sp³-hybridized carbons (Fsp3) is 0.250. The van der Waals surface area contributed by atoms with E-state index in [0.29, 0.717) is 64.0 Å². The molecule has 5 aromatic rings. The van der Waals surface area contributed by atoms with Crippen LogP contribution in [0, 0.1) is 0 Å². The smallest absolute Gasteiger partial charge is 0.295 e. The van der Waals surface area contributed by atoms with Gasteiger partial charge in [-0.25, -0.2) is 0 Å². The molecule has 6 N–H and O–H groups in total. The second-order valence-electron chi connectivity index (χ2n) is 14.1. The number of ether oxygens (including phenoxy) is 2. The summed E-state index contributed by atoms with van der Waals surface area (Å²) >= 11 is 0. The molecule has 19 nitrogen and oxygen atoms in total. The molecule has 3 aliphatic rings. The van der Waals surface area contributed by atoms with Gasteiger partial charge in [0.15, 0.2) is 11.6 Å². The van der Waals surface area contributed by atoms with Crippen molar-refractivity contribution >= 4 is 91.0 Å². The van der Waals surface area contributed by atoms with Crippen molar-refractivity contribution in [3.63, 3.8) is 0 Å². The van der Waals surface area contributed by atoms with Crippen LogP contribution in [0.4, 0.5) is 35.2 Å². The molecule has 2 fully saturated rings. The second kappa shape index (κ2) is 19.0. The molecule has 3 aromatic carbocycles. The fourth-order valence-corrected chi connectivity index (χ4v) is 8.75. The maximum Gasteiger partial charge on any atom is 0.295 e. The number of morpholine rings is 2. The van der Waals surface area contributed by atoms with Crippen LogP contribution < -0.4 is 26.2 Å². The van der Waals surface area contributed by atoms with E-state index in [9.17, 15) is 25.9 Å². The summed E-state index contributed by atoms with van der Waals surface area (Å²) in [5.74, 6) is 0.484. The van der Waals surface area contributed by atoms with E-state index < -0.39 is 41.5 Å². The molecule has 0 amide bonds. The van der Waals surface area contributed by atoms with Gasteiger partial charge in [0.25, 0.3) is 20.2 Å². The number of rotatable bonds is 12. The van der Waals surface area contributed by atoms with Crippen molar-refractivity contribution in [2.75, 3.05) is 73.0 Å². The van der Waals surface area contributed by atoms with Gasteiger partial charge in [0.1, 0.15) is 10.3 Å². The number of nitrogens with two attached hydrogens (primary N) is 1. The summed E-state index contributed by atoms with van der Waals surface area (Å²) in [6, 6.07) is 22.2. The molecule has 1 atom stereocenters. The number of nitrogens with one attached hydrogen (secondary N) is 2. The summed E-state index contributed by atoms with van der Waals surface area (Å²) in [4.78, 5) is 31.9. The Bertz CT molecular complexity index is 2610. The SMILES string of the molecule is NC1C(S(=O)(=O)O)=C(C=Cc2ccccc2S(=O)(=O)O)C=CC1(c1nc(Nc2ccccc2)nc(N2CCOCC2)n1)c1nc(Nc2ccccc2)nc(N2CCOCC2)n1.[Na]. The van der Waals surface area contributed by atoms with Crippen molar-refractivity contribution in [1.29, 1.82) is 0 Å². The molecule has 2 aliphatic heterocycles. The first-order valence-corrected chi connectivity index (χ1v) is 22.0. The van der Waals surface area contributed by atoms with Crippen LogP contribution in [0.2, 0.25) is 0 Å². The number of hydrogen-bond acceptors (Lipinski definition) is 17. The van der Waals surface area contributed by atoms with E-state index in [4.69, 9.17) is 45.1 Å². The van der Waals surface area contributed by atoms with Crippen LogP contribution in [0.15, 0.2) is 119 Å². The van der Waals surface area contributed by atoms with E-state index >= 15 is 0 Å². The maximum atomic E-state index is 13.7. The molecule has 22 heteroatoms. The van der Waals surface area contributed by atoms with Gasteiger partial charge in [0, 0.05) is 67.1 Å². The Labute approximate surface area is 380 Å². The molecule has 0 saturated carbocycles. The largest absolute Gasteiger partial charge is 0.378 e. The molecule has 0 bridgehead atoms. The quantitative estimate of drug-likeness (QED) is 0.0890. The minimum absolute atomic E-state index is 0. The normalized spacial score (nSPS) is 18.1. The number of anilines is 6. The van der Waals surface area contributed by atoms with Crippen molar-refractivity contribution < 1.29 is 35.4 Å². The molecule has 8 rings (SSSR count). The molecule has 0 spiro atoms. The molecule has 1 unspecified atom stereocenters. The average molecular weight is 891 g/mol. The van der Waals surface area contributed by atoms with E-state index in [-0.39, 0.29) is 76.1 Å². The zero-order valence-electron chi connectivity index (χ0n) is 33.4. The first-order valence-electron chi connectivity index (χ1n) is 19.1. The summed E-state index contributed by atoms with van der Waals surface area (Å²) in [5, 5.41) is 6.45. The molecule has 4 heterocycles. The van der Waals surface area contributed by atoms with E-state index in [2.05, 4.69) is 10.6 Å². The van der Waals surface area contributed by atoms with Crippen LogP contribution in [-0.4, -0.2) is 144 Å². The molecule has 2 aromatic heterocycles. The number of hydrogen-bond donors (Lipinski definition) is 5. The van der Waals surface area contributed by atoms with Crippen LogP contribution in [0.5, 0.6) is 0 Å². The van der Waals surface area contributed by atoms with Gasteiger partial charge in [0.2, 0.25) is 23.8 Å². The third kappa shape index (κ3) is 9.87. The third-order valence-electron chi connectivity index (χ3n) is 10.1. The van der Waals surface area contributed by atoms with Gasteiger partial charge in [-0.2, -0.15) is 46.7 Å². The van der Waals surface area contributed by atoms with Crippen molar-refractivity contribution in [2.24, 2.45) is 5.73 Å². The number of allylic oxidation sites excluding steroid dienone is 3. The van der Waals surface area contributed by atoms with E-state index in [1.54, 1.807) is 12.1 Å². The van der Waals surface area contributed by atoms with Crippen molar-refractivity contribution in [3.8, 4) is 0 Å². The number of aromatic nitrogens is 6. The zero-order chi connectivity index (χ0) is 42.6. The Hall–Kier alpha value is -5.20. The fourth-order valence-electron chi connectivity index (χ4n) is 7.12. The first-order chi connectivity index (χ1) is 29.4. The Morgan fingerprint density at radius 1 is 0.645 bits per heavy atom. The number of nitrogens with zero attached hydrogens (tertiary/aromatic N) is 8. The number of benzene rings is 3. The second-order valence-corrected chi connectivity index (χ2v) is 16.8. The molecule has 2 saturated heterocycles.